The molecule has 2 aliphatic rings. The summed E-state index contributed by atoms with van der Waals surface area (Å²) >= 11 is 0. The highest BCUT2D eigenvalue weighted by molar-refractivity contribution is 5.75. The van der Waals surface area contributed by atoms with Crippen molar-refractivity contribution < 1.29 is 19.3 Å². The molecule has 2 aliphatic heterocycles. The number of aromatic hydroxyl groups is 1. The van der Waals surface area contributed by atoms with Gasteiger partial charge in [0.15, 0.2) is 0 Å². The smallest absolute Gasteiger partial charge is 0.143 e. The van der Waals surface area contributed by atoms with Crippen LogP contribution in [-0.4, -0.2) is 43.4 Å². The molecule has 3 aromatic rings. The molecule has 1 atom stereocenters. The van der Waals surface area contributed by atoms with Gasteiger partial charge >= 0.3 is 0 Å². The number of hydrogen-bond donors (Lipinski definition) is 1. The van der Waals surface area contributed by atoms with Gasteiger partial charge in [0.25, 0.3) is 0 Å². The molecule has 0 amide bonds. The van der Waals surface area contributed by atoms with Crippen LogP contribution < -0.4 is 14.2 Å². The number of piperidine rings is 1. The van der Waals surface area contributed by atoms with E-state index in [1.54, 1.807) is 19.2 Å². The van der Waals surface area contributed by atoms with Crippen LogP contribution in [0.4, 0.5) is 0 Å². The van der Waals surface area contributed by atoms with Gasteiger partial charge in [0, 0.05) is 18.2 Å². The Kier molecular flexibility index (Phi) is 7.24. The van der Waals surface area contributed by atoms with Gasteiger partial charge in [-0.25, -0.2) is 0 Å². The van der Waals surface area contributed by atoms with Crippen molar-refractivity contribution in [1.29, 1.82) is 0 Å². The predicted molar refractivity (Wildman–Crippen MR) is 138 cm³/mol. The zero-order valence-corrected chi connectivity index (χ0v) is 20.3. The number of phenols is 1. The predicted octanol–water partition coefficient (Wildman–Crippen LogP) is 6.03. The molecule has 0 aromatic heterocycles. The van der Waals surface area contributed by atoms with Crippen LogP contribution in [0.3, 0.4) is 0 Å². The average Bonchev–Trinajstić information content (AvgIpc) is 2.90. The highest BCUT2D eigenvalue weighted by atomic mass is 16.5. The van der Waals surface area contributed by atoms with Crippen molar-refractivity contribution in [2.75, 3.05) is 33.4 Å². The molecule has 2 heterocycles. The quantitative estimate of drug-likeness (QED) is 0.435. The number of fused-ring (bicyclic) bond motifs is 1. The van der Waals surface area contributed by atoms with E-state index in [1.807, 2.05) is 30.3 Å². The van der Waals surface area contributed by atoms with E-state index in [0.717, 1.165) is 47.8 Å². The lowest BCUT2D eigenvalue weighted by Gasteiger charge is -2.26. The zero-order valence-electron chi connectivity index (χ0n) is 20.3. The summed E-state index contributed by atoms with van der Waals surface area (Å²) < 4.78 is 17.7. The number of rotatable bonds is 8. The van der Waals surface area contributed by atoms with E-state index in [9.17, 15) is 5.11 Å². The van der Waals surface area contributed by atoms with Crippen LogP contribution in [0.2, 0.25) is 0 Å². The molecule has 35 heavy (non-hydrogen) atoms. The van der Waals surface area contributed by atoms with Crippen molar-refractivity contribution >= 4 is 5.57 Å². The molecule has 5 nitrogen and oxygen atoms in total. The van der Waals surface area contributed by atoms with E-state index < -0.39 is 0 Å². The van der Waals surface area contributed by atoms with Crippen LogP contribution in [0.1, 0.15) is 42.1 Å². The number of benzene rings is 3. The molecule has 0 saturated carbocycles. The summed E-state index contributed by atoms with van der Waals surface area (Å²) in [5.41, 5.74) is 4.37. The second-order valence-corrected chi connectivity index (χ2v) is 9.26. The Morgan fingerprint density at radius 3 is 2.57 bits per heavy atom. The molecule has 0 aliphatic carbocycles. The van der Waals surface area contributed by atoms with Crippen LogP contribution in [-0.2, 0) is 6.42 Å². The summed E-state index contributed by atoms with van der Waals surface area (Å²) in [6.45, 7) is 4.10. The average molecular weight is 472 g/mol. The minimum Gasteiger partial charge on any atom is -0.508 e. The third kappa shape index (κ3) is 5.80. The molecule has 1 saturated heterocycles. The number of likely N-dealkylation sites (tertiary alicyclic amines) is 1. The first kappa shape index (κ1) is 23.3. The van der Waals surface area contributed by atoms with E-state index >= 15 is 0 Å². The van der Waals surface area contributed by atoms with Crippen molar-refractivity contribution in [2.24, 2.45) is 0 Å². The molecule has 0 bridgehead atoms. The molecule has 1 unspecified atom stereocenters. The van der Waals surface area contributed by atoms with Gasteiger partial charge in [0.2, 0.25) is 0 Å². The van der Waals surface area contributed by atoms with Crippen molar-refractivity contribution in [3.8, 4) is 23.0 Å². The molecular weight excluding hydrogens is 438 g/mol. The van der Waals surface area contributed by atoms with E-state index in [2.05, 4.69) is 35.2 Å². The molecule has 5 rings (SSSR count). The lowest BCUT2D eigenvalue weighted by atomic mass is 9.92. The number of ether oxygens (including phenoxy) is 3. The van der Waals surface area contributed by atoms with Gasteiger partial charge in [-0.15, -0.1) is 0 Å². The second-order valence-electron chi connectivity index (χ2n) is 9.26. The highest BCUT2D eigenvalue weighted by Crippen LogP contribution is 2.41. The summed E-state index contributed by atoms with van der Waals surface area (Å²) in [6, 6.07) is 21.6. The van der Waals surface area contributed by atoms with Gasteiger partial charge in [-0.1, -0.05) is 30.7 Å². The normalized spacial score (nSPS) is 17.7. The molecule has 3 aromatic carbocycles. The molecule has 5 heteroatoms. The summed E-state index contributed by atoms with van der Waals surface area (Å²) in [6.07, 6.45) is 6.63. The van der Waals surface area contributed by atoms with Crippen molar-refractivity contribution in [3.63, 3.8) is 0 Å². The third-order valence-electron chi connectivity index (χ3n) is 6.78. The summed E-state index contributed by atoms with van der Waals surface area (Å²) in [7, 11) is 1.66. The molecule has 1 fully saturated rings. The molecule has 0 radical (unpaired) electrons. The fourth-order valence-corrected chi connectivity index (χ4v) is 4.85. The van der Waals surface area contributed by atoms with Gasteiger partial charge in [-0.3, -0.25) is 4.90 Å². The number of phenolic OH excluding ortho intramolecular Hbond substituents is 1. The lowest BCUT2D eigenvalue weighted by molar-refractivity contribution is 0.183. The van der Waals surface area contributed by atoms with Gasteiger partial charge in [0.05, 0.1) is 7.11 Å². The van der Waals surface area contributed by atoms with Gasteiger partial charge < -0.3 is 19.3 Å². The maximum absolute atomic E-state index is 10.1. The van der Waals surface area contributed by atoms with Crippen LogP contribution in [0.15, 0.2) is 72.8 Å². The van der Waals surface area contributed by atoms with Crippen LogP contribution >= 0.6 is 0 Å². The van der Waals surface area contributed by atoms with Gasteiger partial charge in [-0.05, 0) is 91.5 Å². The number of allylic oxidation sites excluding steroid dienone is 1. The Morgan fingerprint density at radius 2 is 1.77 bits per heavy atom. The standard InChI is InChI=1S/C30H33NO4/c1-33-27-7-5-6-23(19-27)29-20-24(28-13-10-25(32)21-30(28)35-29)18-22-8-11-26(12-9-22)34-17-16-31-14-3-2-4-15-31/h5-13,19-21,29,32H,2-4,14-18H2,1H3. The van der Waals surface area contributed by atoms with Crippen molar-refractivity contribution in [2.45, 2.75) is 31.8 Å². The number of methoxy groups -OCH3 is 1. The first-order valence-corrected chi connectivity index (χ1v) is 12.5. The fraction of sp³-hybridized carbons (Fsp3) is 0.333. The highest BCUT2D eigenvalue weighted by Gasteiger charge is 2.23. The SMILES string of the molecule is COc1cccc(C2C=C(Cc3ccc(OCCN4CCCCC4)cc3)c3ccc(O)cc3O2)c1. The van der Waals surface area contributed by atoms with Crippen molar-refractivity contribution in [3.05, 3.63) is 89.5 Å². The zero-order chi connectivity index (χ0) is 24.0. The Balaban J connectivity index is 1.30. The Morgan fingerprint density at radius 1 is 0.943 bits per heavy atom. The van der Waals surface area contributed by atoms with Crippen LogP contribution in [0.25, 0.3) is 5.57 Å². The van der Waals surface area contributed by atoms with E-state index in [4.69, 9.17) is 14.2 Å². The Bertz CT molecular complexity index is 1170. The summed E-state index contributed by atoms with van der Waals surface area (Å²) in [5, 5.41) is 10.1. The van der Waals surface area contributed by atoms with Gasteiger partial charge in [0.1, 0.15) is 35.7 Å². The Labute approximate surface area is 207 Å². The van der Waals surface area contributed by atoms with Crippen molar-refractivity contribution in [1.82, 2.24) is 4.90 Å². The fourth-order valence-electron chi connectivity index (χ4n) is 4.85. The minimum absolute atomic E-state index is 0.195. The first-order chi connectivity index (χ1) is 17.2. The summed E-state index contributed by atoms with van der Waals surface area (Å²) in [5.74, 6) is 2.58. The first-order valence-electron chi connectivity index (χ1n) is 12.5. The minimum atomic E-state index is -0.258. The second kappa shape index (κ2) is 10.9. The molecule has 0 spiro atoms. The Hall–Kier alpha value is -3.44. The molecular formula is C30H33NO4. The van der Waals surface area contributed by atoms with Crippen LogP contribution in [0, 0.1) is 0 Å². The maximum atomic E-state index is 10.1. The maximum Gasteiger partial charge on any atom is 0.143 e. The van der Waals surface area contributed by atoms with E-state index in [-0.39, 0.29) is 11.9 Å². The van der Waals surface area contributed by atoms with Crippen LogP contribution in [0.5, 0.6) is 23.0 Å². The molecule has 1 N–H and O–H groups in total. The van der Waals surface area contributed by atoms with E-state index in [0.29, 0.717) is 5.75 Å². The van der Waals surface area contributed by atoms with Gasteiger partial charge in [-0.2, -0.15) is 0 Å². The number of hydrogen-bond acceptors (Lipinski definition) is 5. The summed E-state index contributed by atoms with van der Waals surface area (Å²) in [4.78, 5) is 2.49. The third-order valence-corrected chi connectivity index (χ3v) is 6.78. The topological polar surface area (TPSA) is 51.2 Å². The largest absolute Gasteiger partial charge is 0.508 e. The number of nitrogens with zero attached hydrogens (tertiary/aromatic N) is 1. The lowest BCUT2D eigenvalue weighted by Crippen LogP contribution is -2.33. The monoisotopic (exact) mass is 471 g/mol. The van der Waals surface area contributed by atoms with E-state index in [1.165, 1.54) is 37.9 Å². The molecule has 182 valence electrons.